The Morgan fingerprint density at radius 3 is 2.00 bits per heavy atom. The van der Waals surface area contributed by atoms with Gasteiger partial charge >= 0.3 is 0 Å². The molecule has 1 aliphatic rings. The van der Waals surface area contributed by atoms with Gasteiger partial charge in [0.2, 0.25) is 15.9 Å². The predicted molar refractivity (Wildman–Crippen MR) is 134 cm³/mol. The lowest BCUT2D eigenvalue weighted by molar-refractivity contribution is -0.134. The van der Waals surface area contributed by atoms with Crippen molar-refractivity contribution in [2.45, 2.75) is 24.3 Å². The predicted octanol–water partition coefficient (Wildman–Crippen LogP) is 2.87. The summed E-state index contributed by atoms with van der Waals surface area (Å²) in [6.07, 6.45) is 0.347. The molecule has 4 rings (SSSR count). The molecule has 1 N–H and O–H groups in total. The number of rotatable bonds is 7. The monoisotopic (exact) mass is 491 g/mol. The Morgan fingerprint density at radius 1 is 0.829 bits per heavy atom. The third-order valence-electron chi connectivity index (χ3n) is 6.13. The van der Waals surface area contributed by atoms with E-state index >= 15 is 0 Å². The van der Waals surface area contributed by atoms with Gasteiger partial charge in [0.15, 0.2) is 0 Å². The molecule has 1 heterocycles. The van der Waals surface area contributed by atoms with Crippen LogP contribution >= 0.6 is 0 Å². The molecule has 8 heteroatoms. The fraction of sp³-hybridized carbons (Fsp3) is 0.259. The maximum absolute atomic E-state index is 13.5. The molecule has 1 atom stereocenters. The molecule has 35 heavy (non-hydrogen) atoms. The third-order valence-corrected chi connectivity index (χ3v) is 8.04. The average molecular weight is 492 g/mol. The normalized spacial score (nSPS) is 15.4. The summed E-state index contributed by atoms with van der Waals surface area (Å²) in [5.41, 5.74) is 2.40. The van der Waals surface area contributed by atoms with E-state index in [1.165, 1.54) is 4.31 Å². The number of benzene rings is 3. The second-order valence-electron chi connectivity index (χ2n) is 8.62. The zero-order chi connectivity index (χ0) is 24.8. The van der Waals surface area contributed by atoms with Crippen molar-refractivity contribution < 1.29 is 18.0 Å². The van der Waals surface area contributed by atoms with Gasteiger partial charge < -0.3 is 10.2 Å². The van der Waals surface area contributed by atoms with Crippen molar-refractivity contribution in [3.8, 4) is 0 Å². The Labute approximate surface area is 206 Å². The van der Waals surface area contributed by atoms with Gasteiger partial charge in [0.25, 0.3) is 5.91 Å². The van der Waals surface area contributed by atoms with E-state index in [4.69, 9.17) is 0 Å². The van der Waals surface area contributed by atoms with Gasteiger partial charge in [-0.25, -0.2) is 8.42 Å². The van der Waals surface area contributed by atoms with Crippen molar-refractivity contribution in [2.75, 3.05) is 26.2 Å². The van der Waals surface area contributed by atoms with E-state index in [2.05, 4.69) is 5.32 Å². The van der Waals surface area contributed by atoms with Crippen LogP contribution in [0.4, 0.5) is 0 Å². The van der Waals surface area contributed by atoms with Crippen LogP contribution in [0.25, 0.3) is 0 Å². The highest BCUT2D eigenvalue weighted by atomic mass is 32.2. The van der Waals surface area contributed by atoms with Gasteiger partial charge in [0.05, 0.1) is 4.90 Å². The number of amides is 2. The molecule has 0 unspecified atom stereocenters. The SMILES string of the molecule is Cc1ccc(S(=O)(=O)N2CCN(C(=O)[C@H](Cc3ccccc3)NC(=O)c3ccccc3)CC2)cc1. The lowest BCUT2D eigenvalue weighted by Crippen LogP contribution is -2.56. The number of sulfonamides is 1. The lowest BCUT2D eigenvalue weighted by atomic mass is 10.0. The summed E-state index contributed by atoms with van der Waals surface area (Å²) in [6.45, 7) is 2.83. The van der Waals surface area contributed by atoms with Crippen LogP contribution in [-0.4, -0.2) is 61.7 Å². The van der Waals surface area contributed by atoms with E-state index in [0.717, 1.165) is 11.1 Å². The van der Waals surface area contributed by atoms with Crippen LogP contribution in [0.1, 0.15) is 21.5 Å². The number of aryl methyl sites for hydroxylation is 1. The molecule has 0 saturated carbocycles. The first-order chi connectivity index (χ1) is 16.8. The minimum atomic E-state index is -3.63. The zero-order valence-corrected chi connectivity index (χ0v) is 20.4. The molecule has 7 nitrogen and oxygen atoms in total. The maximum atomic E-state index is 13.5. The summed E-state index contributed by atoms with van der Waals surface area (Å²) >= 11 is 0. The van der Waals surface area contributed by atoms with Gasteiger partial charge in [-0.3, -0.25) is 9.59 Å². The van der Waals surface area contributed by atoms with E-state index < -0.39 is 16.1 Å². The molecule has 3 aromatic carbocycles. The quantitative estimate of drug-likeness (QED) is 0.551. The molecule has 1 saturated heterocycles. The summed E-state index contributed by atoms with van der Waals surface area (Å²) in [5, 5.41) is 2.89. The molecule has 0 bridgehead atoms. The summed E-state index contributed by atoms with van der Waals surface area (Å²) < 4.78 is 27.4. The molecular weight excluding hydrogens is 462 g/mol. The Kier molecular flexibility index (Phi) is 7.63. The first-order valence-electron chi connectivity index (χ1n) is 11.6. The van der Waals surface area contributed by atoms with Crippen LogP contribution in [0.15, 0.2) is 89.8 Å². The van der Waals surface area contributed by atoms with Crippen LogP contribution < -0.4 is 5.32 Å². The minimum Gasteiger partial charge on any atom is -0.340 e. The van der Waals surface area contributed by atoms with E-state index in [9.17, 15) is 18.0 Å². The first-order valence-corrected chi connectivity index (χ1v) is 13.0. The van der Waals surface area contributed by atoms with Gasteiger partial charge in [-0.2, -0.15) is 4.31 Å². The number of nitrogens with zero attached hydrogens (tertiary/aromatic N) is 2. The van der Waals surface area contributed by atoms with Crippen molar-refractivity contribution in [3.63, 3.8) is 0 Å². The Morgan fingerprint density at radius 2 is 1.40 bits per heavy atom. The molecule has 1 aliphatic heterocycles. The first kappa shape index (κ1) is 24.6. The molecular formula is C27H29N3O4S. The number of hydrogen-bond acceptors (Lipinski definition) is 4. The third kappa shape index (κ3) is 5.96. The van der Waals surface area contributed by atoms with E-state index in [0.29, 0.717) is 12.0 Å². The van der Waals surface area contributed by atoms with Crippen LogP contribution in [-0.2, 0) is 21.2 Å². The van der Waals surface area contributed by atoms with E-state index in [1.54, 1.807) is 53.4 Å². The second-order valence-corrected chi connectivity index (χ2v) is 10.6. The van der Waals surface area contributed by atoms with E-state index in [1.807, 2.05) is 43.3 Å². The highest BCUT2D eigenvalue weighted by Crippen LogP contribution is 2.19. The molecule has 0 spiro atoms. The highest BCUT2D eigenvalue weighted by molar-refractivity contribution is 7.89. The smallest absolute Gasteiger partial charge is 0.251 e. The van der Waals surface area contributed by atoms with Crippen molar-refractivity contribution in [2.24, 2.45) is 0 Å². The molecule has 0 aliphatic carbocycles. The zero-order valence-electron chi connectivity index (χ0n) is 19.6. The summed E-state index contributed by atoms with van der Waals surface area (Å²) in [5.74, 6) is -0.536. The standard InChI is InChI=1S/C27H29N3O4S/c1-21-12-14-24(15-13-21)35(33,34)30-18-16-29(17-19-30)27(32)25(20-22-8-4-2-5-9-22)28-26(31)23-10-6-3-7-11-23/h2-15,25H,16-20H2,1H3,(H,28,31)/t25-/m0/s1. The van der Waals surface area contributed by atoms with Gasteiger partial charge in [-0.1, -0.05) is 66.2 Å². The molecule has 0 aromatic heterocycles. The molecule has 182 valence electrons. The van der Waals surface area contributed by atoms with Crippen molar-refractivity contribution in [3.05, 3.63) is 102 Å². The Bertz CT molecular complexity index is 1250. The number of carbonyl (C=O) groups excluding carboxylic acids is 2. The number of carbonyl (C=O) groups is 2. The van der Waals surface area contributed by atoms with Gasteiger partial charge in [0, 0.05) is 38.2 Å². The molecule has 1 fully saturated rings. The largest absolute Gasteiger partial charge is 0.340 e. The average Bonchev–Trinajstić information content (AvgIpc) is 2.89. The molecule has 2 amide bonds. The van der Waals surface area contributed by atoms with Gasteiger partial charge in [0.1, 0.15) is 6.04 Å². The Hall–Kier alpha value is -3.49. The summed E-state index contributed by atoms with van der Waals surface area (Å²) in [6, 6.07) is 24.3. The van der Waals surface area contributed by atoms with Crippen LogP contribution in [0.3, 0.4) is 0 Å². The summed E-state index contributed by atoms with van der Waals surface area (Å²) in [4.78, 5) is 28.2. The number of piperazine rings is 1. The Balaban J connectivity index is 1.46. The van der Waals surface area contributed by atoms with Crippen molar-refractivity contribution in [1.82, 2.24) is 14.5 Å². The fourth-order valence-corrected chi connectivity index (χ4v) is 5.53. The summed E-state index contributed by atoms with van der Waals surface area (Å²) in [7, 11) is -3.63. The highest BCUT2D eigenvalue weighted by Gasteiger charge is 2.33. The van der Waals surface area contributed by atoms with Crippen molar-refractivity contribution >= 4 is 21.8 Å². The van der Waals surface area contributed by atoms with E-state index in [-0.39, 0.29) is 42.9 Å². The topological polar surface area (TPSA) is 86.8 Å². The number of nitrogens with one attached hydrogen (secondary N) is 1. The van der Waals surface area contributed by atoms with Crippen LogP contribution in [0.5, 0.6) is 0 Å². The van der Waals surface area contributed by atoms with Gasteiger partial charge in [-0.15, -0.1) is 0 Å². The fourth-order valence-electron chi connectivity index (χ4n) is 4.11. The molecule has 3 aromatic rings. The second kappa shape index (κ2) is 10.8. The molecule has 0 radical (unpaired) electrons. The van der Waals surface area contributed by atoms with Gasteiger partial charge in [-0.05, 0) is 36.8 Å². The van der Waals surface area contributed by atoms with Crippen LogP contribution in [0.2, 0.25) is 0 Å². The van der Waals surface area contributed by atoms with Crippen LogP contribution in [0, 0.1) is 6.92 Å². The number of hydrogen-bond donors (Lipinski definition) is 1. The minimum absolute atomic E-state index is 0.201. The lowest BCUT2D eigenvalue weighted by Gasteiger charge is -2.36. The van der Waals surface area contributed by atoms with Crippen molar-refractivity contribution in [1.29, 1.82) is 0 Å². The maximum Gasteiger partial charge on any atom is 0.251 e.